The first kappa shape index (κ1) is 27.2. The second kappa shape index (κ2) is 14.9. The van der Waals surface area contributed by atoms with Crippen molar-refractivity contribution in [3.8, 4) is 0 Å². The van der Waals surface area contributed by atoms with E-state index in [1.807, 2.05) is 73.3 Å². The van der Waals surface area contributed by atoms with Crippen LogP contribution in [0.2, 0.25) is 0 Å². The summed E-state index contributed by atoms with van der Waals surface area (Å²) >= 11 is 0. The lowest BCUT2D eigenvalue weighted by molar-refractivity contribution is -0.168. The molecule has 0 heterocycles. The molecule has 10 heteroatoms. The van der Waals surface area contributed by atoms with Gasteiger partial charge in [-0.15, -0.1) is 0 Å². The van der Waals surface area contributed by atoms with Gasteiger partial charge in [-0.3, -0.25) is 9.59 Å². The average molecular weight is 485 g/mol. The zero-order valence-electron chi connectivity index (χ0n) is 20.0. The number of hydroxylamine groups is 2. The summed E-state index contributed by atoms with van der Waals surface area (Å²) in [7, 11) is 0. The van der Waals surface area contributed by atoms with E-state index in [9.17, 15) is 19.2 Å². The smallest absolute Gasteiger partial charge is 0.343 e. The number of carbonyl (C=O) groups is 4. The van der Waals surface area contributed by atoms with E-state index in [0.29, 0.717) is 12.8 Å². The third-order valence-electron chi connectivity index (χ3n) is 4.80. The van der Waals surface area contributed by atoms with Gasteiger partial charge in [-0.1, -0.05) is 24.3 Å². The lowest BCUT2D eigenvalue weighted by Gasteiger charge is -2.08. The van der Waals surface area contributed by atoms with Crippen molar-refractivity contribution in [3.63, 3.8) is 0 Å². The van der Waals surface area contributed by atoms with E-state index in [1.165, 1.54) is 0 Å². The zero-order chi connectivity index (χ0) is 25.5. The summed E-state index contributed by atoms with van der Waals surface area (Å²) in [6, 6.07) is 15.3. The Morgan fingerprint density at radius 2 is 1.00 bits per heavy atom. The van der Waals surface area contributed by atoms with Crippen LogP contribution in [0.25, 0.3) is 0 Å². The van der Waals surface area contributed by atoms with Crippen LogP contribution in [0.1, 0.15) is 44.2 Å². The van der Waals surface area contributed by atoms with E-state index in [4.69, 9.17) is 0 Å². The Kier molecular flexibility index (Phi) is 11.6. The average Bonchev–Trinajstić information content (AvgIpc) is 2.86. The van der Waals surface area contributed by atoms with Crippen LogP contribution in [-0.4, -0.2) is 36.8 Å². The van der Waals surface area contributed by atoms with Gasteiger partial charge in [-0.2, -0.15) is 11.0 Å². The first-order chi connectivity index (χ1) is 16.9. The zero-order valence-corrected chi connectivity index (χ0v) is 20.0. The summed E-state index contributed by atoms with van der Waals surface area (Å²) in [6.07, 6.45) is 0.365. The summed E-state index contributed by atoms with van der Waals surface area (Å²) in [6.45, 7) is 5.64. The number of carbonyl (C=O) groups excluding carboxylic acids is 4. The van der Waals surface area contributed by atoms with Gasteiger partial charge in [0.25, 0.3) is 11.8 Å². The highest BCUT2D eigenvalue weighted by Crippen LogP contribution is 2.11. The second-order valence-electron chi connectivity index (χ2n) is 7.63. The Morgan fingerprint density at radius 1 is 0.629 bits per heavy atom. The first-order valence-electron chi connectivity index (χ1n) is 11.5. The van der Waals surface area contributed by atoms with Crippen molar-refractivity contribution in [2.75, 3.05) is 23.7 Å². The van der Waals surface area contributed by atoms with Crippen molar-refractivity contribution in [2.24, 2.45) is 0 Å². The van der Waals surface area contributed by atoms with Crippen molar-refractivity contribution >= 4 is 35.1 Å². The van der Waals surface area contributed by atoms with Gasteiger partial charge < -0.3 is 20.3 Å². The molecular weight excluding hydrogens is 452 g/mol. The molecule has 0 unspecified atom stereocenters. The maximum Gasteiger partial charge on any atom is 0.343 e. The SMILES string of the molecule is CCNc1ccc(CCC(=O)NOC(=O)CC(=O)ONC(=O)CCc2ccc(NCC)cc2)cc1. The molecule has 188 valence electrons. The molecule has 0 saturated heterocycles. The number of hydrogen-bond acceptors (Lipinski definition) is 8. The predicted octanol–water partition coefficient (Wildman–Crippen LogP) is 2.65. The number of amides is 2. The van der Waals surface area contributed by atoms with Crippen LogP contribution in [0, 0.1) is 0 Å². The molecule has 0 aliphatic rings. The molecule has 35 heavy (non-hydrogen) atoms. The molecule has 0 bridgehead atoms. The van der Waals surface area contributed by atoms with Gasteiger partial charge in [-0.05, 0) is 62.1 Å². The monoisotopic (exact) mass is 484 g/mol. The molecule has 0 fully saturated rings. The minimum atomic E-state index is -1.01. The van der Waals surface area contributed by atoms with Crippen LogP contribution < -0.4 is 21.6 Å². The Labute approximate surface area is 204 Å². The van der Waals surface area contributed by atoms with E-state index in [0.717, 1.165) is 35.6 Å². The van der Waals surface area contributed by atoms with Gasteiger partial charge >= 0.3 is 11.9 Å². The Bertz CT molecular complexity index is 897. The Balaban J connectivity index is 1.58. The molecule has 0 atom stereocenters. The van der Waals surface area contributed by atoms with Crippen molar-refractivity contribution in [2.45, 2.75) is 46.0 Å². The van der Waals surface area contributed by atoms with Crippen molar-refractivity contribution < 1.29 is 28.9 Å². The number of anilines is 2. The number of nitrogens with one attached hydrogen (secondary N) is 4. The summed E-state index contributed by atoms with van der Waals surface area (Å²) < 4.78 is 0. The minimum Gasteiger partial charge on any atom is -0.385 e. The maximum atomic E-state index is 11.9. The third-order valence-corrected chi connectivity index (χ3v) is 4.80. The van der Waals surface area contributed by atoms with Gasteiger partial charge in [0, 0.05) is 37.3 Å². The number of rotatable bonds is 12. The Hall–Kier alpha value is -4.08. The topological polar surface area (TPSA) is 135 Å². The quantitative estimate of drug-likeness (QED) is 0.267. The maximum absolute atomic E-state index is 11.9. The van der Waals surface area contributed by atoms with Gasteiger partial charge in [0.15, 0.2) is 0 Å². The molecule has 2 aromatic rings. The van der Waals surface area contributed by atoms with E-state index in [2.05, 4.69) is 20.3 Å². The molecule has 10 nitrogen and oxygen atoms in total. The molecule has 0 radical (unpaired) electrons. The fourth-order valence-electron chi connectivity index (χ4n) is 3.02. The van der Waals surface area contributed by atoms with Gasteiger partial charge in [-0.25, -0.2) is 9.59 Å². The standard InChI is InChI=1S/C25H32N4O6/c1-3-26-20-11-5-18(6-12-20)9-15-22(30)28-34-24(32)17-25(33)35-29-23(31)16-10-19-7-13-21(14-8-19)27-4-2/h5-8,11-14,26-27H,3-4,9-10,15-17H2,1-2H3,(H,28,30)(H,29,31). The molecule has 4 N–H and O–H groups in total. The van der Waals surface area contributed by atoms with Crippen LogP contribution in [0.3, 0.4) is 0 Å². The van der Waals surface area contributed by atoms with Crippen LogP contribution in [0.4, 0.5) is 11.4 Å². The fourth-order valence-corrected chi connectivity index (χ4v) is 3.02. The van der Waals surface area contributed by atoms with Crippen LogP contribution in [0.5, 0.6) is 0 Å². The van der Waals surface area contributed by atoms with Gasteiger partial charge in [0.05, 0.1) is 0 Å². The van der Waals surface area contributed by atoms with Crippen molar-refractivity contribution in [1.29, 1.82) is 0 Å². The normalized spacial score (nSPS) is 10.1. The van der Waals surface area contributed by atoms with Crippen LogP contribution in [-0.2, 0) is 41.7 Å². The highest BCUT2D eigenvalue weighted by Gasteiger charge is 2.15. The highest BCUT2D eigenvalue weighted by atomic mass is 16.7. The summed E-state index contributed by atoms with van der Waals surface area (Å²) in [5.41, 5.74) is 7.91. The largest absolute Gasteiger partial charge is 0.385 e. The lowest BCUT2D eigenvalue weighted by atomic mass is 10.1. The van der Waals surface area contributed by atoms with E-state index >= 15 is 0 Å². The van der Waals surface area contributed by atoms with Crippen molar-refractivity contribution in [3.05, 3.63) is 59.7 Å². The molecule has 2 amide bonds. The number of hydrogen-bond donors (Lipinski definition) is 4. The third kappa shape index (κ3) is 11.1. The fraction of sp³-hybridized carbons (Fsp3) is 0.360. The number of benzene rings is 2. The molecular formula is C25H32N4O6. The molecule has 0 aromatic heterocycles. The molecule has 0 saturated carbocycles. The Morgan fingerprint density at radius 3 is 1.34 bits per heavy atom. The van der Waals surface area contributed by atoms with E-state index in [1.54, 1.807) is 0 Å². The first-order valence-corrected chi connectivity index (χ1v) is 11.5. The van der Waals surface area contributed by atoms with Crippen molar-refractivity contribution in [1.82, 2.24) is 11.0 Å². The molecule has 2 rings (SSSR count). The van der Waals surface area contributed by atoms with Crippen LogP contribution in [0.15, 0.2) is 48.5 Å². The molecule has 0 aliphatic heterocycles. The summed E-state index contributed by atoms with van der Waals surface area (Å²) in [5.74, 6) is -3.02. The molecule has 2 aromatic carbocycles. The lowest BCUT2D eigenvalue weighted by Crippen LogP contribution is -2.31. The van der Waals surface area contributed by atoms with Gasteiger partial charge in [0.2, 0.25) is 0 Å². The minimum absolute atomic E-state index is 0.103. The number of aryl methyl sites for hydroxylation is 2. The highest BCUT2D eigenvalue weighted by molar-refractivity contribution is 5.92. The van der Waals surface area contributed by atoms with E-state index in [-0.39, 0.29) is 12.8 Å². The van der Waals surface area contributed by atoms with E-state index < -0.39 is 30.2 Å². The predicted molar refractivity (Wildman–Crippen MR) is 131 cm³/mol. The molecule has 0 aliphatic carbocycles. The second-order valence-corrected chi connectivity index (χ2v) is 7.63. The van der Waals surface area contributed by atoms with Gasteiger partial charge in [0.1, 0.15) is 6.42 Å². The molecule has 0 spiro atoms. The summed E-state index contributed by atoms with van der Waals surface area (Å²) in [5, 5.41) is 6.36. The van der Waals surface area contributed by atoms with Crippen LogP contribution >= 0.6 is 0 Å². The summed E-state index contributed by atoms with van der Waals surface area (Å²) in [4.78, 5) is 56.3.